The number of hydrogen-bond acceptors (Lipinski definition) is 6. The highest BCUT2D eigenvalue weighted by molar-refractivity contribution is 6.46. The van der Waals surface area contributed by atoms with E-state index < -0.39 is 17.7 Å². The van der Waals surface area contributed by atoms with Crippen LogP contribution >= 0.6 is 0 Å². The van der Waals surface area contributed by atoms with Gasteiger partial charge in [-0.25, -0.2) is 0 Å². The molecule has 7 nitrogen and oxygen atoms in total. The topological polar surface area (TPSA) is 85.3 Å². The lowest BCUT2D eigenvalue weighted by atomic mass is 9.94. The zero-order chi connectivity index (χ0) is 26.1. The summed E-state index contributed by atoms with van der Waals surface area (Å²) in [6, 6.07) is 11.9. The summed E-state index contributed by atoms with van der Waals surface area (Å²) in [5, 5.41) is 11.3. The normalized spacial score (nSPS) is 17.0. The van der Waals surface area contributed by atoms with E-state index in [1.54, 1.807) is 25.3 Å². The van der Waals surface area contributed by atoms with Gasteiger partial charge in [0.1, 0.15) is 17.3 Å². The van der Waals surface area contributed by atoms with Gasteiger partial charge in [0.05, 0.1) is 24.8 Å². The first-order valence-corrected chi connectivity index (χ1v) is 12.7. The fourth-order valence-electron chi connectivity index (χ4n) is 4.39. The minimum atomic E-state index is -0.706. The summed E-state index contributed by atoms with van der Waals surface area (Å²) in [6.45, 7) is 7.88. The Bertz CT molecular complexity index is 1080. The van der Waals surface area contributed by atoms with E-state index >= 15 is 0 Å². The van der Waals surface area contributed by atoms with Crippen molar-refractivity contribution >= 4 is 17.4 Å². The van der Waals surface area contributed by atoms with Crippen LogP contribution in [0.25, 0.3) is 5.76 Å². The molecule has 0 aromatic heterocycles. The highest BCUT2D eigenvalue weighted by Gasteiger charge is 2.45. The number of benzene rings is 2. The number of unbranched alkanes of at least 4 members (excludes halogenated alkanes) is 2. The first-order valence-electron chi connectivity index (χ1n) is 12.7. The van der Waals surface area contributed by atoms with Gasteiger partial charge in [-0.05, 0) is 68.1 Å². The van der Waals surface area contributed by atoms with E-state index in [0.29, 0.717) is 44.1 Å². The smallest absolute Gasteiger partial charge is 0.295 e. The molecule has 0 spiro atoms. The maximum atomic E-state index is 13.2. The zero-order valence-electron chi connectivity index (χ0n) is 21.7. The Labute approximate surface area is 213 Å². The van der Waals surface area contributed by atoms with Crippen LogP contribution in [0.3, 0.4) is 0 Å². The van der Waals surface area contributed by atoms with Crippen LogP contribution in [0.5, 0.6) is 11.5 Å². The number of nitrogens with zero attached hydrogens (tertiary/aromatic N) is 1. The molecule has 1 atom stereocenters. The van der Waals surface area contributed by atoms with Gasteiger partial charge in [0.15, 0.2) is 0 Å². The number of likely N-dealkylation sites (tertiary alicyclic amines) is 1. The Morgan fingerprint density at radius 3 is 2.36 bits per heavy atom. The van der Waals surface area contributed by atoms with E-state index in [1.807, 2.05) is 38.1 Å². The van der Waals surface area contributed by atoms with Crippen molar-refractivity contribution in [1.82, 2.24) is 4.90 Å². The lowest BCUT2D eigenvalue weighted by molar-refractivity contribution is -0.140. The molecule has 0 aliphatic carbocycles. The molecule has 1 aliphatic heterocycles. The van der Waals surface area contributed by atoms with Crippen LogP contribution in [-0.4, -0.2) is 55.2 Å². The zero-order valence-corrected chi connectivity index (χ0v) is 21.7. The van der Waals surface area contributed by atoms with Crippen LogP contribution in [0.4, 0.5) is 0 Å². The number of aliphatic hydroxyl groups excluding tert-OH is 1. The largest absolute Gasteiger partial charge is 0.507 e. The van der Waals surface area contributed by atoms with Gasteiger partial charge in [-0.15, -0.1) is 0 Å². The van der Waals surface area contributed by atoms with Crippen LogP contribution in [0.2, 0.25) is 0 Å². The Morgan fingerprint density at radius 2 is 1.72 bits per heavy atom. The highest BCUT2D eigenvalue weighted by Crippen LogP contribution is 2.40. The molecular weight excluding hydrogens is 458 g/mol. The number of aliphatic hydroxyl groups is 1. The quantitative estimate of drug-likeness (QED) is 0.173. The molecule has 36 heavy (non-hydrogen) atoms. The number of aryl methyl sites for hydroxylation is 1. The molecule has 194 valence electrons. The molecule has 3 rings (SSSR count). The molecule has 1 aliphatic rings. The Morgan fingerprint density at radius 1 is 0.972 bits per heavy atom. The number of Topliss-reactive ketones (excluding diaryl/α,β-unsaturated/α-hetero) is 1. The second kappa shape index (κ2) is 13.1. The molecule has 2 aromatic carbocycles. The molecule has 1 unspecified atom stereocenters. The first-order chi connectivity index (χ1) is 17.4. The highest BCUT2D eigenvalue weighted by atomic mass is 16.5. The fourth-order valence-corrected chi connectivity index (χ4v) is 4.39. The second-order valence-corrected chi connectivity index (χ2v) is 8.88. The average Bonchev–Trinajstić information content (AvgIpc) is 3.13. The van der Waals surface area contributed by atoms with Gasteiger partial charge in [-0.1, -0.05) is 31.9 Å². The lowest BCUT2D eigenvalue weighted by Crippen LogP contribution is -2.31. The monoisotopic (exact) mass is 495 g/mol. The van der Waals surface area contributed by atoms with Gasteiger partial charge in [-0.3, -0.25) is 9.59 Å². The Hall–Kier alpha value is -3.32. The standard InChI is InChI=1S/C29H37NO6/c1-5-7-8-18-36-23-13-10-21(11-14-23)26-25(28(32)29(33)30(26)16-9-17-34-4)27(31)22-12-15-24(35-6-2)20(3)19-22/h10-15,19,26,31H,5-9,16-18H2,1-4H3. The van der Waals surface area contributed by atoms with Crippen LogP contribution in [0, 0.1) is 6.92 Å². The number of rotatable bonds is 13. The minimum absolute atomic E-state index is 0.0811. The molecule has 0 radical (unpaired) electrons. The fraction of sp³-hybridized carbons (Fsp3) is 0.448. The molecule has 7 heteroatoms. The third kappa shape index (κ3) is 6.26. The van der Waals surface area contributed by atoms with Crippen molar-refractivity contribution in [2.24, 2.45) is 0 Å². The van der Waals surface area contributed by atoms with Crippen molar-refractivity contribution in [2.75, 3.05) is 33.5 Å². The molecule has 0 saturated carbocycles. The van der Waals surface area contributed by atoms with Crippen LogP contribution in [0.15, 0.2) is 48.0 Å². The number of methoxy groups -OCH3 is 1. The number of carbonyl (C=O) groups excluding carboxylic acids is 2. The predicted molar refractivity (Wildman–Crippen MR) is 139 cm³/mol. The van der Waals surface area contributed by atoms with Gasteiger partial charge in [0, 0.05) is 25.8 Å². The molecule has 1 heterocycles. The second-order valence-electron chi connectivity index (χ2n) is 8.88. The molecule has 0 bridgehead atoms. The summed E-state index contributed by atoms with van der Waals surface area (Å²) in [6.07, 6.45) is 3.79. The van der Waals surface area contributed by atoms with Gasteiger partial charge in [-0.2, -0.15) is 0 Å². The van der Waals surface area contributed by atoms with Gasteiger partial charge < -0.3 is 24.2 Å². The Balaban J connectivity index is 1.99. The summed E-state index contributed by atoms with van der Waals surface area (Å²) in [5.74, 6) is -0.0753. The van der Waals surface area contributed by atoms with Crippen molar-refractivity contribution in [3.63, 3.8) is 0 Å². The third-order valence-electron chi connectivity index (χ3n) is 6.25. The predicted octanol–water partition coefficient (Wildman–Crippen LogP) is 5.42. The average molecular weight is 496 g/mol. The van der Waals surface area contributed by atoms with Crippen molar-refractivity contribution < 1.29 is 28.9 Å². The van der Waals surface area contributed by atoms with E-state index in [1.165, 1.54) is 4.90 Å². The van der Waals surface area contributed by atoms with E-state index in [9.17, 15) is 14.7 Å². The van der Waals surface area contributed by atoms with Crippen molar-refractivity contribution in [3.05, 3.63) is 64.7 Å². The van der Waals surface area contributed by atoms with E-state index in [0.717, 1.165) is 36.1 Å². The molecular formula is C29H37NO6. The number of ether oxygens (including phenoxy) is 3. The SMILES string of the molecule is CCCCCOc1ccc(C2C(=C(O)c3ccc(OCC)c(C)c3)C(=O)C(=O)N2CCCOC)cc1. The molecule has 2 aromatic rings. The lowest BCUT2D eigenvalue weighted by Gasteiger charge is -2.25. The molecule has 1 amide bonds. The Kier molecular flexibility index (Phi) is 9.94. The number of carbonyl (C=O) groups is 2. The van der Waals surface area contributed by atoms with Crippen molar-refractivity contribution in [3.8, 4) is 11.5 Å². The minimum Gasteiger partial charge on any atom is -0.507 e. The van der Waals surface area contributed by atoms with E-state index in [-0.39, 0.29) is 11.3 Å². The summed E-state index contributed by atoms with van der Waals surface area (Å²) in [7, 11) is 1.60. The van der Waals surface area contributed by atoms with Gasteiger partial charge >= 0.3 is 0 Å². The summed E-state index contributed by atoms with van der Waals surface area (Å²) in [5.41, 5.74) is 2.11. The van der Waals surface area contributed by atoms with E-state index in [4.69, 9.17) is 14.2 Å². The molecule has 1 fully saturated rings. The first kappa shape index (κ1) is 27.3. The number of amides is 1. The van der Waals surface area contributed by atoms with Crippen molar-refractivity contribution in [1.29, 1.82) is 0 Å². The van der Waals surface area contributed by atoms with Crippen molar-refractivity contribution in [2.45, 2.75) is 52.5 Å². The summed E-state index contributed by atoms with van der Waals surface area (Å²) >= 11 is 0. The third-order valence-corrected chi connectivity index (χ3v) is 6.25. The van der Waals surface area contributed by atoms with Crippen LogP contribution < -0.4 is 9.47 Å². The summed E-state index contributed by atoms with van der Waals surface area (Å²) in [4.78, 5) is 27.8. The summed E-state index contributed by atoms with van der Waals surface area (Å²) < 4.78 is 16.6. The van der Waals surface area contributed by atoms with Crippen LogP contribution in [-0.2, 0) is 14.3 Å². The maximum absolute atomic E-state index is 13.2. The molecule has 1 saturated heterocycles. The van der Waals surface area contributed by atoms with Gasteiger partial charge in [0.2, 0.25) is 0 Å². The van der Waals surface area contributed by atoms with Crippen LogP contribution in [0.1, 0.15) is 62.3 Å². The number of ketones is 1. The molecule has 1 N–H and O–H groups in total. The number of hydrogen-bond donors (Lipinski definition) is 1. The van der Waals surface area contributed by atoms with Gasteiger partial charge in [0.25, 0.3) is 11.7 Å². The van der Waals surface area contributed by atoms with E-state index in [2.05, 4.69) is 6.92 Å². The maximum Gasteiger partial charge on any atom is 0.295 e.